The lowest BCUT2D eigenvalue weighted by atomic mass is 9.94. The number of aryl methyl sites for hydroxylation is 1. The summed E-state index contributed by atoms with van der Waals surface area (Å²) in [5.41, 5.74) is 3.84. The van der Waals surface area contributed by atoms with E-state index in [4.69, 9.17) is 0 Å². The number of hydrogen-bond donors (Lipinski definition) is 2. The van der Waals surface area contributed by atoms with Crippen molar-refractivity contribution in [3.8, 4) is 0 Å². The fourth-order valence-electron chi connectivity index (χ4n) is 4.60. The predicted octanol–water partition coefficient (Wildman–Crippen LogP) is 3.30. The third-order valence-electron chi connectivity index (χ3n) is 6.33. The van der Waals surface area contributed by atoms with E-state index in [1.165, 1.54) is 6.33 Å². The second-order valence-corrected chi connectivity index (χ2v) is 13.3. The van der Waals surface area contributed by atoms with Crippen LogP contribution in [0.3, 0.4) is 0 Å². The standard InChI is InChI=1S/C23H26N4O4S2/c1-14(2)21(16-6-5-15-4-3-8-33(30,31)20(15)10-16)27-23-18-11-19(26-22(18)24-13-25-23)17-7-9-32(28,29)12-17/h5-7,10-11,13-14,21H,3-4,8-9,12H2,1-2H3,(H2,24,25,26,27)/t21-/m1/s1. The van der Waals surface area contributed by atoms with Gasteiger partial charge in [-0.05, 0) is 47.6 Å². The highest BCUT2D eigenvalue weighted by atomic mass is 32.2. The Morgan fingerprint density at radius 3 is 2.64 bits per heavy atom. The van der Waals surface area contributed by atoms with Gasteiger partial charge in [-0.3, -0.25) is 0 Å². The van der Waals surface area contributed by atoms with Crippen molar-refractivity contribution in [2.75, 3.05) is 22.6 Å². The van der Waals surface area contributed by atoms with Crippen LogP contribution in [0, 0.1) is 5.92 Å². The Hall–Kier alpha value is -2.72. The zero-order valence-electron chi connectivity index (χ0n) is 18.5. The maximum Gasteiger partial charge on any atom is 0.178 e. The number of aromatic nitrogens is 3. The fourth-order valence-corrected chi connectivity index (χ4v) is 7.55. The summed E-state index contributed by atoms with van der Waals surface area (Å²) in [7, 11) is -6.35. The van der Waals surface area contributed by atoms with Gasteiger partial charge in [-0.2, -0.15) is 0 Å². The molecule has 0 amide bonds. The van der Waals surface area contributed by atoms with Crippen molar-refractivity contribution in [1.82, 2.24) is 15.0 Å². The van der Waals surface area contributed by atoms with Crippen molar-refractivity contribution in [1.29, 1.82) is 0 Å². The van der Waals surface area contributed by atoms with Gasteiger partial charge in [0.1, 0.15) is 17.8 Å². The fraction of sp³-hybridized carbons (Fsp3) is 0.391. The van der Waals surface area contributed by atoms with Gasteiger partial charge in [-0.15, -0.1) is 0 Å². The molecule has 1 atom stereocenters. The monoisotopic (exact) mass is 486 g/mol. The van der Waals surface area contributed by atoms with Crippen LogP contribution in [0.4, 0.5) is 5.82 Å². The van der Waals surface area contributed by atoms with Crippen LogP contribution in [0.25, 0.3) is 16.6 Å². The van der Waals surface area contributed by atoms with E-state index >= 15 is 0 Å². The number of aromatic amines is 1. The molecule has 2 N–H and O–H groups in total. The maximum atomic E-state index is 12.6. The maximum absolute atomic E-state index is 12.6. The highest BCUT2D eigenvalue weighted by molar-refractivity contribution is 7.92. The largest absolute Gasteiger partial charge is 0.362 e. The minimum atomic E-state index is -3.26. The van der Waals surface area contributed by atoms with Gasteiger partial charge in [0.15, 0.2) is 19.7 Å². The SMILES string of the molecule is CC(C)[C@@H](Nc1ncnc2[nH]c(C3=CCS(=O)(=O)C3)cc12)c1ccc2c(c1)S(=O)(=O)CCC2. The highest BCUT2D eigenvalue weighted by Gasteiger charge is 2.27. The molecule has 0 bridgehead atoms. The summed E-state index contributed by atoms with van der Waals surface area (Å²) in [6.45, 7) is 4.14. The Bertz CT molecular complexity index is 1490. The molecule has 5 rings (SSSR count). The third-order valence-corrected chi connectivity index (χ3v) is 9.64. The number of nitrogens with zero attached hydrogens (tertiary/aromatic N) is 2. The summed E-state index contributed by atoms with van der Waals surface area (Å²) in [6.07, 6.45) is 4.62. The van der Waals surface area contributed by atoms with Gasteiger partial charge in [0, 0.05) is 5.69 Å². The topological polar surface area (TPSA) is 122 Å². The molecule has 2 aliphatic heterocycles. The Kier molecular flexibility index (Phi) is 5.32. The highest BCUT2D eigenvalue weighted by Crippen LogP contribution is 2.34. The molecule has 10 heteroatoms. The van der Waals surface area contributed by atoms with Gasteiger partial charge in [0.2, 0.25) is 0 Å². The smallest absolute Gasteiger partial charge is 0.178 e. The Morgan fingerprint density at radius 2 is 1.91 bits per heavy atom. The number of rotatable bonds is 5. The van der Waals surface area contributed by atoms with E-state index in [2.05, 4.69) is 34.1 Å². The van der Waals surface area contributed by atoms with Gasteiger partial charge in [-0.25, -0.2) is 26.8 Å². The summed E-state index contributed by atoms with van der Waals surface area (Å²) in [5.74, 6) is 1.01. The first-order valence-corrected chi connectivity index (χ1v) is 14.5. The van der Waals surface area contributed by atoms with Crippen molar-refractivity contribution in [3.63, 3.8) is 0 Å². The van der Waals surface area contributed by atoms with Crippen molar-refractivity contribution in [2.45, 2.75) is 37.6 Å². The van der Waals surface area contributed by atoms with E-state index in [1.807, 2.05) is 18.2 Å². The molecule has 2 aliphatic rings. The number of benzene rings is 1. The molecule has 0 spiro atoms. The van der Waals surface area contributed by atoms with Crippen LogP contribution in [0.15, 0.2) is 41.6 Å². The van der Waals surface area contributed by atoms with Gasteiger partial charge >= 0.3 is 0 Å². The minimum Gasteiger partial charge on any atom is -0.362 e. The summed E-state index contributed by atoms with van der Waals surface area (Å²) in [5, 5.41) is 4.25. The molecule has 0 fully saturated rings. The third kappa shape index (κ3) is 4.17. The zero-order chi connectivity index (χ0) is 23.4. The summed E-state index contributed by atoms with van der Waals surface area (Å²) >= 11 is 0. The first kappa shape index (κ1) is 22.1. The molecule has 0 radical (unpaired) electrons. The first-order valence-electron chi connectivity index (χ1n) is 11.0. The lowest BCUT2D eigenvalue weighted by molar-refractivity contribution is 0.542. The van der Waals surface area contributed by atoms with E-state index in [0.29, 0.717) is 22.8 Å². The van der Waals surface area contributed by atoms with Crippen LogP contribution < -0.4 is 5.32 Å². The van der Waals surface area contributed by atoms with E-state index in [-0.39, 0.29) is 29.2 Å². The average molecular weight is 487 g/mol. The van der Waals surface area contributed by atoms with Gasteiger partial charge in [-0.1, -0.05) is 32.1 Å². The predicted molar refractivity (Wildman–Crippen MR) is 129 cm³/mol. The molecule has 1 aromatic carbocycles. The summed E-state index contributed by atoms with van der Waals surface area (Å²) in [6, 6.07) is 7.42. The van der Waals surface area contributed by atoms with Gasteiger partial charge in [0.05, 0.1) is 33.6 Å². The second kappa shape index (κ2) is 7.95. The molecule has 174 valence electrons. The molecule has 2 aromatic heterocycles. The Labute approximate surface area is 193 Å². The van der Waals surface area contributed by atoms with Crippen molar-refractivity contribution < 1.29 is 16.8 Å². The van der Waals surface area contributed by atoms with E-state index in [0.717, 1.165) is 34.2 Å². The Balaban J connectivity index is 1.51. The molecule has 0 aliphatic carbocycles. The van der Waals surface area contributed by atoms with E-state index in [1.54, 1.807) is 12.1 Å². The minimum absolute atomic E-state index is 0.00817. The van der Waals surface area contributed by atoms with Crippen molar-refractivity contribution >= 4 is 42.1 Å². The molecule has 4 heterocycles. The zero-order valence-corrected chi connectivity index (χ0v) is 20.1. The quantitative estimate of drug-likeness (QED) is 0.567. The Morgan fingerprint density at radius 1 is 1.09 bits per heavy atom. The normalized spacial score (nSPS) is 19.9. The number of H-pyrrole nitrogens is 1. The van der Waals surface area contributed by atoms with Crippen LogP contribution in [0.5, 0.6) is 0 Å². The van der Waals surface area contributed by atoms with Gasteiger partial charge < -0.3 is 10.3 Å². The second-order valence-electron chi connectivity index (χ2n) is 9.11. The molecule has 8 nitrogen and oxygen atoms in total. The molecular weight excluding hydrogens is 460 g/mol. The summed E-state index contributed by atoms with van der Waals surface area (Å²) in [4.78, 5) is 12.4. The van der Waals surface area contributed by atoms with Crippen LogP contribution in [0.1, 0.15) is 43.1 Å². The molecule has 3 aromatic rings. The number of sulfone groups is 2. The van der Waals surface area contributed by atoms with Crippen molar-refractivity contribution in [2.24, 2.45) is 5.92 Å². The van der Waals surface area contributed by atoms with Gasteiger partial charge in [0.25, 0.3) is 0 Å². The summed E-state index contributed by atoms with van der Waals surface area (Å²) < 4.78 is 49.0. The van der Waals surface area contributed by atoms with Crippen LogP contribution >= 0.6 is 0 Å². The van der Waals surface area contributed by atoms with E-state index in [9.17, 15) is 16.8 Å². The number of nitrogens with one attached hydrogen (secondary N) is 2. The van der Waals surface area contributed by atoms with E-state index < -0.39 is 19.7 Å². The lowest BCUT2D eigenvalue weighted by Gasteiger charge is -2.26. The molecule has 0 unspecified atom stereocenters. The lowest BCUT2D eigenvalue weighted by Crippen LogP contribution is -2.20. The van der Waals surface area contributed by atoms with Crippen LogP contribution in [0.2, 0.25) is 0 Å². The first-order chi connectivity index (χ1) is 15.6. The number of anilines is 1. The van der Waals surface area contributed by atoms with Crippen molar-refractivity contribution in [3.05, 3.63) is 53.5 Å². The number of fused-ring (bicyclic) bond motifs is 2. The number of hydrogen-bond acceptors (Lipinski definition) is 7. The average Bonchev–Trinajstić information content (AvgIpc) is 3.35. The van der Waals surface area contributed by atoms with Crippen LogP contribution in [-0.2, 0) is 26.1 Å². The molecule has 33 heavy (non-hydrogen) atoms. The molecule has 0 saturated carbocycles. The van der Waals surface area contributed by atoms with Crippen LogP contribution in [-0.4, -0.2) is 49.0 Å². The molecule has 0 saturated heterocycles. The molecular formula is C23H26N4O4S2.